The number of hydrogen-bond acceptors (Lipinski definition) is 5. The van der Waals surface area contributed by atoms with Crippen LogP contribution in [-0.4, -0.2) is 18.0 Å². The van der Waals surface area contributed by atoms with Crippen molar-refractivity contribution >= 4 is 18.1 Å². The normalized spacial score (nSPS) is 10.3. The van der Waals surface area contributed by atoms with E-state index in [0.717, 1.165) is 11.3 Å². The third kappa shape index (κ3) is 3.64. The summed E-state index contributed by atoms with van der Waals surface area (Å²) >= 11 is 0. The molecule has 0 aliphatic rings. The fraction of sp³-hybridized carbons (Fsp3) is 0.0625. The van der Waals surface area contributed by atoms with Gasteiger partial charge in [0.1, 0.15) is 17.4 Å². The Kier molecular flexibility index (Phi) is 4.92. The maximum Gasteiger partial charge on any atom is 0.267 e. The first-order valence-electron chi connectivity index (χ1n) is 6.59. The standard InChI is InChI=1S/C16H14N4O3/c1-23-12-5-2-10(3-6-12)4-7-14-13(16(22)20-18)8-11(9-17)15(21)19-14/h2-8H,18H2,1H3,(H,19,21)(H,20,22)/b7-4+. The second-order valence-corrected chi connectivity index (χ2v) is 4.53. The maximum absolute atomic E-state index is 11.8. The zero-order valence-electron chi connectivity index (χ0n) is 12.3. The van der Waals surface area contributed by atoms with E-state index in [4.69, 9.17) is 15.8 Å². The number of nitrogen functional groups attached to an aromatic ring is 1. The summed E-state index contributed by atoms with van der Waals surface area (Å²) in [7, 11) is 1.57. The van der Waals surface area contributed by atoms with Gasteiger partial charge in [-0.2, -0.15) is 5.26 Å². The SMILES string of the molecule is COc1ccc(/C=C/c2[nH]c(=O)c(C#N)cc2C(=O)NN)cc1. The van der Waals surface area contributed by atoms with E-state index in [0.29, 0.717) is 0 Å². The van der Waals surface area contributed by atoms with E-state index in [1.54, 1.807) is 37.5 Å². The van der Waals surface area contributed by atoms with E-state index in [2.05, 4.69) is 4.98 Å². The van der Waals surface area contributed by atoms with Gasteiger partial charge in [0.25, 0.3) is 11.5 Å². The van der Waals surface area contributed by atoms with Crippen LogP contribution in [0.25, 0.3) is 12.2 Å². The van der Waals surface area contributed by atoms with Gasteiger partial charge in [-0.05, 0) is 29.8 Å². The van der Waals surface area contributed by atoms with Crippen molar-refractivity contribution in [2.24, 2.45) is 5.84 Å². The number of nitrogens with two attached hydrogens (primary N) is 1. The molecule has 23 heavy (non-hydrogen) atoms. The highest BCUT2D eigenvalue weighted by Gasteiger charge is 2.12. The van der Waals surface area contributed by atoms with Crippen molar-refractivity contribution in [3.8, 4) is 11.8 Å². The van der Waals surface area contributed by atoms with Crippen LogP contribution >= 0.6 is 0 Å². The Morgan fingerprint density at radius 1 is 1.35 bits per heavy atom. The van der Waals surface area contributed by atoms with Gasteiger partial charge in [-0.1, -0.05) is 18.2 Å². The number of nitrogens with one attached hydrogen (secondary N) is 2. The lowest BCUT2D eigenvalue weighted by molar-refractivity contribution is 0.0953. The summed E-state index contributed by atoms with van der Waals surface area (Å²) in [6, 6.07) is 10.1. The molecular weight excluding hydrogens is 296 g/mol. The number of aromatic amines is 1. The zero-order chi connectivity index (χ0) is 16.8. The van der Waals surface area contributed by atoms with Crippen molar-refractivity contribution in [3.63, 3.8) is 0 Å². The molecule has 0 spiro atoms. The van der Waals surface area contributed by atoms with Crippen molar-refractivity contribution in [3.05, 3.63) is 63.1 Å². The van der Waals surface area contributed by atoms with Gasteiger partial charge in [0.15, 0.2) is 0 Å². The highest BCUT2D eigenvalue weighted by atomic mass is 16.5. The Hall–Kier alpha value is -3.37. The number of pyridine rings is 1. The molecule has 2 rings (SSSR count). The minimum Gasteiger partial charge on any atom is -0.497 e. The lowest BCUT2D eigenvalue weighted by atomic mass is 10.1. The van der Waals surface area contributed by atoms with E-state index in [-0.39, 0.29) is 16.8 Å². The largest absolute Gasteiger partial charge is 0.497 e. The van der Waals surface area contributed by atoms with E-state index in [1.165, 1.54) is 6.07 Å². The topological polar surface area (TPSA) is 121 Å². The molecule has 1 aromatic carbocycles. The van der Waals surface area contributed by atoms with Crippen LogP contribution < -0.4 is 21.6 Å². The fourth-order valence-electron chi connectivity index (χ4n) is 1.92. The van der Waals surface area contributed by atoms with E-state index in [1.807, 2.05) is 17.6 Å². The van der Waals surface area contributed by atoms with Gasteiger partial charge in [-0.25, -0.2) is 5.84 Å². The van der Waals surface area contributed by atoms with Gasteiger partial charge in [0.05, 0.1) is 18.4 Å². The van der Waals surface area contributed by atoms with Crippen LogP contribution in [0.5, 0.6) is 5.75 Å². The summed E-state index contributed by atoms with van der Waals surface area (Å²) in [5, 5.41) is 8.88. The lowest BCUT2D eigenvalue weighted by Gasteiger charge is -2.05. The number of hydrogen-bond donors (Lipinski definition) is 3. The molecule has 4 N–H and O–H groups in total. The van der Waals surface area contributed by atoms with Crippen molar-refractivity contribution in [1.29, 1.82) is 5.26 Å². The first kappa shape index (κ1) is 16.0. The number of nitriles is 1. The molecule has 0 aliphatic heterocycles. The highest BCUT2D eigenvalue weighted by molar-refractivity contribution is 5.97. The second-order valence-electron chi connectivity index (χ2n) is 4.53. The summed E-state index contributed by atoms with van der Waals surface area (Å²) in [5.41, 5.74) is 2.45. The summed E-state index contributed by atoms with van der Waals surface area (Å²) in [6.45, 7) is 0. The summed E-state index contributed by atoms with van der Waals surface area (Å²) in [5.74, 6) is 5.24. The zero-order valence-corrected chi connectivity index (χ0v) is 12.3. The molecule has 0 saturated heterocycles. The summed E-state index contributed by atoms with van der Waals surface area (Å²) in [4.78, 5) is 26.0. The average molecular weight is 310 g/mol. The van der Waals surface area contributed by atoms with Crippen molar-refractivity contribution in [2.75, 3.05) is 7.11 Å². The number of hydrazine groups is 1. The molecule has 1 aromatic heterocycles. The number of carbonyl (C=O) groups is 1. The van der Waals surface area contributed by atoms with Crippen molar-refractivity contribution < 1.29 is 9.53 Å². The van der Waals surface area contributed by atoms with Crippen LogP contribution in [0, 0.1) is 11.3 Å². The van der Waals surface area contributed by atoms with Crippen molar-refractivity contribution in [2.45, 2.75) is 0 Å². The molecule has 0 saturated carbocycles. The smallest absolute Gasteiger partial charge is 0.267 e. The average Bonchev–Trinajstić information content (AvgIpc) is 2.59. The van der Waals surface area contributed by atoms with Gasteiger partial charge < -0.3 is 9.72 Å². The predicted octanol–water partition coefficient (Wildman–Crippen LogP) is 1.03. The third-order valence-electron chi connectivity index (χ3n) is 3.13. The third-order valence-corrected chi connectivity index (χ3v) is 3.13. The van der Waals surface area contributed by atoms with E-state index in [9.17, 15) is 9.59 Å². The van der Waals surface area contributed by atoms with Gasteiger partial charge in [-0.3, -0.25) is 15.0 Å². The molecule has 0 fully saturated rings. The monoisotopic (exact) mass is 310 g/mol. The molecule has 0 bridgehead atoms. The molecule has 116 valence electrons. The quantitative estimate of drug-likeness (QED) is 0.442. The molecule has 0 atom stereocenters. The Balaban J connectivity index is 2.43. The number of H-pyrrole nitrogens is 1. The van der Waals surface area contributed by atoms with Gasteiger partial charge in [0.2, 0.25) is 0 Å². The predicted molar refractivity (Wildman–Crippen MR) is 85.4 cm³/mol. The Bertz CT molecular complexity index is 845. The number of benzene rings is 1. The molecule has 7 heteroatoms. The van der Waals surface area contributed by atoms with Gasteiger partial charge in [-0.15, -0.1) is 0 Å². The number of methoxy groups -OCH3 is 1. The van der Waals surface area contributed by atoms with Crippen LogP contribution in [0.1, 0.15) is 27.2 Å². The maximum atomic E-state index is 11.8. The van der Waals surface area contributed by atoms with Crippen LogP contribution in [0.3, 0.4) is 0 Å². The summed E-state index contributed by atoms with van der Waals surface area (Å²) in [6.07, 6.45) is 3.28. The van der Waals surface area contributed by atoms with E-state index < -0.39 is 11.5 Å². The molecule has 2 aromatic rings. The van der Waals surface area contributed by atoms with Crippen LogP contribution in [0.2, 0.25) is 0 Å². The Morgan fingerprint density at radius 3 is 2.61 bits per heavy atom. The minimum absolute atomic E-state index is 0.105. The number of carbonyl (C=O) groups excluding carboxylic acids is 1. The molecular formula is C16H14N4O3. The number of aromatic nitrogens is 1. The first-order valence-corrected chi connectivity index (χ1v) is 6.59. The second kappa shape index (κ2) is 7.06. The molecule has 0 aliphatic carbocycles. The molecule has 0 unspecified atom stereocenters. The van der Waals surface area contributed by atoms with Crippen LogP contribution in [0.15, 0.2) is 35.1 Å². The molecule has 1 amide bonds. The molecule has 7 nitrogen and oxygen atoms in total. The Labute approximate surface area is 132 Å². The van der Waals surface area contributed by atoms with E-state index >= 15 is 0 Å². The number of rotatable bonds is 4. The van der Waals surface area contributed by atoms with Crippen LogP contribution in [-0.2, 0) is 0 Å². The number of ether oxygens (including phenoxy) is 1. The lowest BCUT2D eigenvalue weighted by Crippen LogP contribution is -2.31. The van der Waals surface area contributed by atoms with Crippen molar-refractivity contribution in [1.82, 2.24) is 10.4 Å². The van der Waals surface area contributed by atoms with Gasteiger partial charge in [0, 0.05) is 0 Å². The molecule has 0 radical (unpaired) electrons. The fourth-order valence-corrected chi connectivity index (χ4v) is 1.92. The Morgan fingerprint density at radius 2 is 2.04 bits per heavy atom. The van der Waals surface area contributed by atoms with Gasteiger partial charge >= 0.3 is 0 Å². The minimum atomic E-state index is -0.605. The number of nitrogens with zero attached hydrogens (tertiary/aromatic N) is 1. The van der Waals surface area contributed by atoms with Crippen LogP contribution in [0.4, 0.5) is 0 Å². The first-order chi connectivity index (χ1) is 11.1. The number of amides is 1. The molecule has 1 heterocycles. The highest BCUT2D eigenvalue weighted by Crippen LogP contribution is 2.15. The summed E-state index contributed by atoms with van der Waals surface area (Å²) < 4.78 is 5.07.